The molecule has 36 heavy (non-hydrogen) atoms. The first-order valence-corrected chi connectivity index (χ1v) is 14.3. The van der Waals surface area contributed by atoms with E-state index >= 15 is 0 Å². The lowest BCUT2D eigenvalue weighted by molar-refractivity contribution is -0.137. The third kappa shape index (κ3) is 7.30. The summed E-state index contributed by atoms with van der Waals surface area (Å²) in [6, 6.07) is 10.4. The Bertz CT molecular complexity index is 1130. The Labute approximate surface area is 219 Å². The molecule has 5 nitrogen and oxygen atoms in total. The molecule has 0 aliphatic carbocycles. The molecule has 0 amide bonds. The second-order valence-corrected chi connectivity index (χ2v) is 11.3. The van der Waals surface area contributed by atoms with Crippen molar-refractivity contribution < 1.29 is 14.6 Å². The zero-order valence-electron chi connectivity index (χ0n) is 21.7. The lowest BCUT2D eigenvalue weighted by Crippen LogP contribution is -2.41. The molecule has 1 N–H and O–H groups in total. The van der Waals surface area contributed by atoms with Crippen LogP contribution in [0.2, 0.25) is 0 Å². The van der Waals surface area contributed by atoms with Gasteiger partial charge >= 0.3 is 5.97 Å². The topological polar surface area (TPSA) is 62.7 Å². The number of hydrogen-bond acceptors (Lipinski definition) is 5. The van der Waals surface area contributed by atoms with Crippen molar-refractivity contribution in [3.63, 3.8) is 0 Å². The highest BCUT2D eigenvalue weighted by Gasteiger charge is 2.29. The Kier molecular flexibility index (Phi) is 9.76. The number of hydrogen-bond donors (Lipinski definition) is 1. The van der Waals surface area contributed by atoms with Gasteiger partial charge in [0.2, 0.25) is 0 Å². The highest BCUT2D eigenvalue weighted by Crippen LogP contribution is 2.32. The number of rotatable bonds is 13. The number of aryl methyl sites for hydroxylation is 3. The molecule has 2 aromatic heterocycles. The summed E-state index contributed by atoms with van der Waals surface area (Å²) in [6.07, 6.45) is 11.1. The van der Waals surface area contributed by atoms with Crippen molar-refractivity contribution in [3.05, 3.63) is 57.9 Å². The first-order valence-electron chi connectivity index (χ1n) is 13.4. The van der Waals surface area contributed by atoms with Gasteiger partial charge in [-0.2, -0.15) is 0 Å². The van der Waals surface area contributed by atoms with Crippen molar-refractivity contribution in [1.29, 1.82) is 0 Å². The van der Waals surface area contributed by atoms with E-state index in [0.717, 1.165) is 56.6 Å². The van der Waals surface area contributed by atoms with Crippen LogP contribution in [-0.4, -0.2) is 47.7 Å². The molecule has 0 bridgehead atoms. The first kappa shape index (κ1) is 26.6. The molecule has 194 valence electrons. The summed E-state index contributed by atoms with van der Waals surface area (Å²) in [4.78, 5) is 19.9. The van der Waals surface area contributed by atoms with Crippen LogP contribution in [0, 0.1) is 18.8 Å². The maximum Gasteiger partial charge on any atom is 0.303 e. The number of thiophene rings is 1. The number of carboxylic acid groups (broad SMARTS) is 1. The van der Waals surface area contributed by atoms with Crippen molar-refractivity contribution in [3.8, 4) is 5.75 Å². The lowest BCUT2D eigenvalue weighted by atomic mass is 9.79. The van der Waals surface area contributed by atoms with Crippen LogP contribution in [-0.2, 0) is 17.6 Å². The minimum atomic E-state index is -0.672. The SMILES string of the molecule is COc1ccc2nccc(CCCC3CCN(CCCCc4sccc4C)CC3CCC(=O)O)c2c1. The third-order valence-electron chi connectivity index (χ3n) is 7.86. The fourth-order valence-corrected chi connectivity index (χ4v) is 6.69. The number of methoxy groups -OCH3 is 1. The van der Waals surface area contributed by atoms with Gasteiger partial charge in [0.05, 0.1) is 12.6 Å². The van der Waals surface area contributed by atoms with Gasteiger partial charge in [0.15, 0.2) is 0 Å². The van der Waals surface area contributed by atoms with Crippen LogP contribution < -0.4 is 4.74 Å². The molecule has 1 aromatic carbocycles. The zero-order valence-corrected chi connectivity index (χ0v) is 22.6. The molecule has 3 aromatic rings. The van der Waals surface area contributed by atoms with E-state index in [4.69, 9.17) is 4.74 Å². The van der Waals surface area contributed by atoms with Crippen LogP contribution in [0.3, 0.4) is 0 Å². The predicted octanol–water partition coefficient (Wildman–Crippen LogP) is 6.76. The molecular weight excluding hydrogens is 468 g/mol. The normalized spacial score (nSPS) is 18.5. The van der Waals surface area contributed by atoms with Crippen LogP contribution >= 0.6 is 11.3 Å². The Morgan fingerprint density at radius 3 is 2.81 bits per heavy atom. The van der Waals surface area contributed by atoms with Crippen LogP contribution in [0.25, 0.3) is 10.9 Å². The Morgan fingerprint density at radius 2 is 2.03 bits per heavy atom. The van der Waals surface area contributed by atoms with Gasteiger partial charge in [-0.1, -0.05) is 0 Å². The minimum Gasteiger partial charge on any atom is -0.497 e. The number of piperidine rings is 1. The van der Waals surface area contributed by atoms with E-state index in [1.54, 1.807) is 7.11 Å². The van der Waals surface area contributed by atoms with Gasteiger partial charge in [0.25, 0.3) is 0 Å². The van der Waals surface area contributed by atoms with Crippen molar-refractivity contribution >= 4 is 28.2 Å². The lowest BCUT2D eigenvalue weighted by Gasteiger charge is -2.39. The van der Waals surface area contributed by atoms with E-state index in [-0.39, 0.29) is 6.42 Å². The molecule has 0 radical (unpaired) electrons. The van der Waals surface area contributed by atoms with E-state index in [9.17, 15) is 9.90 Å². The maximum atomic E-state index is 11.3. The zero-order chi connectivity index (χ0) is 25.3. The van der Waals surface area contributed by atoms with Crippen molar-refractivity contribution in [2.45, 2.75) is 64.7 Å². The molecule has 6 heteroatoms. The van der Waals surface area contributed by atoms with Crippen molar-refractivity contribution in [1.82, 2.24) is 9.88 Å². The number of fused-ring (bicyclic) bond motifs is 1. The molecular formula is C30H40N2O3S. The molecule has 0 spiro atoms. The fraction of sp³-hybridized carbons (Fsp3) is 0.533. The summed E-state index contributed by atoms with van der Waals surface area (Å²) in [5, 5.41) is 12.7. The maximum absolute atomic E-state index is 11.3. The van der Waals surface area contributed by atoms with E-state index in [1.807, 2.05) is 29.7 Å². The third-order valence-corrected chi connectivity index (χ3v) is 8.94. The fourth-order valence-electron chi connectivity index (χ4n) is 5.74. The number of aromatic nitrogens is 1. The second kappa shape index (κ2) is 13.2. The molecule has 1 saturated heterocycles. The monoisotopic (exact) mass is 508 g/mol. The first-order chi connectivity index (χ1) is 17.5. The number of pyridine rings is 1. The van der Waals surface area contributed by atoms with Gasteiger partial charge in [-0.05, 0) is 130 Å². The van der Waals surface area contributed by atoms with Crippen LogP contribution in [0.1, 0.15) is 60.9 Å². The molecule has 1 aliphatic rings. The van der Waals surface area contributed by atoms with E-state index in [2.05, 4.69) is 40.4 Å². The van der Waals surface area contributed by atoms with Crippen molar-refractivity contribution in [2.75, 3.05) is 26.7 Å². The van der Waals surface area contributed by atoms with Crippen LogP contribution in [0.5, 0.6) is 5.75 Å². The number of carbonyl (C=O) groups is 1. The number of ether oxygens (including phenoxy) is 1. The number of nitrogens with zero attached hydrogens (tertiary/aromatic N) is 2. The predicted molar refractivity (Wildman–Crippen MR) is 148 cm³/mol. The summed E-state index contributed by atoms with van der Waals surface area (Å²) >= 11 is 1.87. The summed E-state index contributed by atoms with van der Waals surface area (Å²) in [5.74, 6) is 1.28. The molecule has 1 fully saturated rings. The van der Waals surface area contributed by atoms with Crippen molar-refractivity contribution in [2.24, 2.45) is 11.8 Å². The van der Waals surface area contributed by atoms with Gasteiger partial charge in [0.1, 0.15) is 5.75 Å². The number of carboxylic acids is 1. The largest absolute Gasteiger partial charge is 0.497 e. The Hall–Kier alpha value is -2.44. The van der Waals surface area contributed by atoms with Gasteiger partial charge in [-0.15, -0.1) is 11.3 Å². The summed E-state index contributed by atoms with van der Waals surface area (Å²) in [7, 11) is 1.70. The van der Waals surface area contributed by atoms with Gasteiger partial charge in [0, 0.05) is 29.4 Å². The molecule has 2 atom stereocenters. The van der Waals surface area contributed by atoms with E-state index in [0.29, 0.717) is 11.8 Å². The highest BCUT2D eigenvalue weighted by molar-refractivity contribution is 7.10. The van der Waals surface area contributed by atoms with Gasteiger partial charge in [-0.25, -0.2) is 0 Å². The summed E-state index contributed by atoms with van der Waals surface area (Å²) < 4.78 is 5.43. The minimum absolute atomic E-state index is 0.279. The van der Waals surface area contributed by atoms with E-state index < -0.39 is 5.97 Å². The van der Waals surface area contributed by atoms with Gasteiger partial charge in [-0.3, -0.25) is 9.78 Å². The summed E-state index contributed by atoms with van der Waals surface area (Å²) in [6.45, 7) is 5.52. The molecule has 4 rings (SSSR count). The smallest absolute Gasteiger partial charge is 0.303 e. The highest BCUT2D eigenvalue weighted by atomic mass is 32.1. The number of unbranched alkanes of at least 4 members (excludes halogenated alkanes) is 1. The molecule has 3 heterocycles. The Morgan fingerprint density at radius 1 is 1.14 bits per heavy atom. The average Bonchev–Trinajstić information content (AvgIpc) is 3.30. The van der Waals surface area contributed by atoms with E-state index in [1.165, 1.54) is 47.1 Å². The number of aliphatic carboxylic acids is 1. The van der Waals surface area contributed by atoms with Crippen LogP contribution in [0.4, 0.5) is 0 Å². The second-order valence-electron chi connectivity index (χ2n) is 10.3. The van der Waals surface area contributed by atoms with Crippen LogP contribution in [0.15, 0.2) is 41.9 Å². The quantitative estimate of drug-likeness (QED) is 0.258. The summed E-state index contributed by atoms with van der Waals surface area (Å²) in [5.41, 5.74) is 3.75. The molecule has 0 saturated carbocycles. The number of likely N-dealkylation sites (tertiary alicyclic amines) is 1. The molecule has 2 unspecified atom stereocenters. The average molecular weight is 509 g/mol. The standard InChI is InChI=1S/C30H40N2O3S/c1-22-15-19-36-29(22)8-3-4-17-32-18-14-23(25(21-32)9-12-30(33)34)6-5-7-24-13-16-31-28-11-10-26(35-2)20-27(24)28/h10-11,13,15-16,19-20,23,25H,3-9,12,14,17-18,21H2,1-2H3,(H,33,34). The van der Waals surface area contributed by atoms with Gasteiger partial charge < -0.3 is 14.7 Å². The number of benzene rings is 1. The Balaban J connectivity index is 1.29. The molecule has 1 aliphatic heterocycles.